The molecule has 0 N–H and O–H groups in total. The van der Waals surface area contributed by atoms with Crippen molar-refractivity contribution in [3.63, 3.8) is 0 Å². The van der Waals surface area contributed by atoms with Gasteiger partial charge < -0.3 is 14.0 Å². The van der Waals surface area contributed by atoms with Crippen LogP contribution in [0, 0.1) is 12.1 Å². The largest absolute Gasteiger partial charge is 2.00 e. The molecule has 0 fully saturated rings. The first-order valence-corrected chi connectivity index (χ1v) is 19.5. The van der Waals surface area contributed by atoms with Crippen LogP contribution >= 0.6 is 0 Å². The first-order valence-electron chi connectivity index (χ1n) is 19.5. The summed E-state index contributed by atoms with van der Waals surface area (Å²) in [5.74, 6) is 2.57. The van der Waals surface area contributed by atoms with Crippen molar-refractivity contribution in [3.05, 3.63) is 200 Å². The normalized spacial score (nSPS) is 11.9. The van der Waals surface area contributed by atoms with Crippen molar-refractivity contribution in [2.24, 2.45) is 0 Å². The van der Waals surface area contributed by atoms with Crippen LogP contribution in [0.4, 0.5) is 22.7 Å². The Balaban J connectivity index is 0.00000433. The molecule has 0 bridgehead atoms. The van der Waals surface area contributed by atoms with E-state index in [9.17, 15) is 0 Å². The van der Waals surface area contributed by atoms with Gasteiger partial charge in [-0.05, 0) is 62.9 Å². The minimum absolute atomic E-state index is 0. The molecule has 1 aliphatic heterocycles. The molecule has 0 amide bonds. The van der Waals surface area contributed by atoms with Gasteiger partial charge in [-0.15, -0.1) is 23.6 Å². The van der Waals surface area contributed by atoms with E-state index in [2.05, 4.69) is 165 Å². The minimum Gasteiger partial charge on any atom is -0.509 e. The summed E-state index contributed by atoms with van der Waals surface area (Å²) >= 11 is 0. The molecule has 60 heavy (non-hydrogen) atoms. The van der Waals surface area contributed by atoms with Gasteiger partial charge in [-0.25, -0.2) is 4.98 Å². The van der Waals surface area contributed by atoms with Gasteiger partial charge in [-0.1, -0.05) is 125 Å². The summed E-state index contributed by atoms with van der Waals surface area (Å²) in [6, 6.07) is 73.6. The van der Waals surface area contributed by atoms with Gasteiger partial charge >= 0.3 is 32.8 Å². The Hall–Kier alpha value is -7.36. The topological polar surface area (TPSA) is 42.3 Å². The van der Waals surface area contributed by atoms with Crippen LogP contribution in [0.5, 0.6) is 17.2 Å². The molecule has 0 saturated carbocycles. The van der Waals surface area contributed by atoms with Crippen molar-refractivity contribution in [3.8, 4) is 45.3 Å². The molecule has 0 aliphatic carbocycles. The van der Waals surface area contributed by atoms with E-state index in [0.29, 0.717) is 11.5 Å². The van der Waals surface area contributed by atoms with Gasteiger partial charge in [0.25, 0.3) is 5.69 Å². The van der Waals surface area contributed by atoms with E-state index in [0.717, 1.165) is 89.1 Å². The quantitative estimate of drug-likeness (QED) is 0.113. The Morgan fingerprint density at radius 3 is 2.02 bits per heavy atom. The van der Waals surface area contributed by atoms with E-state index < -0.39 is 0 Å². The number of pyridine rings is 1. The van der Waals surface area contributed by atoms with Gasteiger partial charge in [-0.3, -0.25) is 0 Å². The number of nitrogens with zero attached hydrogens (tertiary/aromatic N) is 4. The molecule has 1 aliphatic rings. The predicted molar refractivity (Wildman–Crippen MR) is 238 cm³/mol. The number of benzene rings is 8. The summed E-state index contributed by atoms with van der Waals surface area (Å²) in [6.45, 7) is 0. The Labute approximate surface area is 361 Å². The van der Waals surface area contributed by atoms with Crippen LogP contribution in [-0.2, 0) is 21.1 Å². The fraction of sp³-hybridized carbons (Fsp3) is 0.0189. The van der Waals surface area contributed by atoms with Crippen molar-refractivity contribution in [2.45, 2.75) is 0 Å². The summed E-state index contributed by atoms with van der Waals surface area (Å²) < 4.78 is 18.6. The average molecular weight is 954 g/mol. The molecule has 0 radical (unpaired) electrons. The number of aromatic nitrogens is 2. The third-order valence-electron chi connectivity index (χ3n) is 10.9. The molecular weight excluding hydrogens is 920 g/mol. The van der Waals surface area contributed by atoms with Crippen LogP contribution in [-0.4, -0.2) is 22.7 Å². The molecular formula is C53H34N4O2Pt+2. The first-order chi connectivity index (χ1) is 29.2. The smallest absolute Gasteiger partial charge is 0.509 e. The summed E-state index contributed by atoms with van der Waals surface area (Å²) in [4.78, 5) is 4.71. The van der Waals surface area contributed by atoms with E-state index in [1.807, 2.05) is 48.5 Å². The molecule has 2 aromatic heterocycles. The van der Waals surface area contributed by atoms with Crippen molar-refractivity contribution in [1.29, 1.82) is 0 Å². The SMILES string of the molecule is COc1ccnc(-n2c3[c-]c(Oc4[c-]c([N+]5=C=[N+](c6c(-c7ccccc7)cccc6-c6ccccc6)c6c5ccc5ccccc65)ccc4)ccc3c3ccccc32)c1.[Pt+2]. The van der Waals surface area contributed by atoms with Crippen LogP contribution in [0.2, 0.25) is 0 Å². The summed E-state index contributed by atoms with van der Waals surface area (Å²) in [7, 11) is 1.66. The number of hydrogen-bond acceptors (Lipinski definition) is 3. The Kier molecular flexibility index (Phi) is 9.50. The summed E-state index contributed by atoms with van der Waals surface area (Å²) in [6.07, 6.45) is 1.76. The number of methoxy groups -OCH3 is 1. The first kappa shape index (κ1) is 36.9. The molecule has 3 heterocycles. The summed E-state index contributed by atoms with van der Waals surface area (Å²) in [5, 5.41) is 4.42. The van der Waals surface area contributed by atoms with Gasteiger partial charge in [0.15, 0.2) is 0 Å². The van der Waals surface area contributed by atoms with E-state index in [-0.39, 0.29) is 21.1 Å². The second-order valence-electron chi connectivity index (χ2n) is 14.4. The molecule has 8 aromatic carbocycles. The maximum Gasteiger partial charge on any atom is 2.00 e. The number of hydrogen-bond donors (Lipinski definition) is 0. The number of ether oxygens (including phenoxy) is 2. The zero-order chi connectivity index (χ0) is 39.3. The van der Waals surface area contributed by atoms with E-state index >= 15 is 0 Å². The number of fused-ring (bicyclic) bond motifs is 6. The van der Waals surface area contributed by atoms with Crippen molar-refractivity contribution in [1.82, 2.24) is 18.7 Å². The fourth-order valence-electron chi connectivity index (χ4n) is 8.26. The predicted octanol–water partition coefficient (Wildman–Crippen LogP) is 12.9. The van der Waals surface area contributed by atoms with Gasteiger partial charge in [-0.2, -0.15) is 12.1 Å². The molecule has 11 rings (SSSR count). The Morgan fingerprint density at radius 2 is 1.25 bits per heavy atom. The third-order valence-corrected chi connectivity index (χ3v) is 10.9. The maximum absolute atomic E-state index is 6.60. The third kappa shape index (κ3) is 6.31. The second kappa shape index (κ2) is 15.4. The zero-order valence-corrected chi connectivity index (χ0v) is 34.6. The molecule has 6 nitrogen and oxygen atoms in total. The van der Waals surface area contributed by atoms with Crippen molar-refractivity contribution < 1.29 is 30.5 Å². The van der Waals surface area contributed by atoms with Crippen LogP contribution in [0.3, 0.4) is 0 Å². The molecule has 10 aromatic rings. The van der Waals surface area contributed by atoms with Gasteiger partial charge in [0.2, 0.25) is 5.69 Å². The monoisotopic (exact) mass is 953 g/mol. The van der Waals surface area contributed by atoms with Crippen LogP contribution in [0.1, 0.15) is 0 Å². The maximum atomic E-state index is 6.60. The molecule has 0 unspecified atom stereocenters. The van der Waals surface area contributed by atoms with Gasteiger partial charge in [0.1, 0.15) is 17.3 Å². The van der Waals surface area contributed by atoms with Crippen LogP contribution in [0.15, 0.2) is 188 Å². The van der Waals surface area contributed by atoms with E-state index in [1.54, 1.807) is 13.3 Å². The Bertz CT molecular complexity index is 3280. The number of rotatable bonds is 8. The molecule has 0 atom stereocenters. The second-order valence-corrected chi connectivity index (χ2v) is 14.4. The zero-order valence-electron chi connectivity index (χ0n) is 32.3. The molecule has 7 heteroatoms. The van der Waals surface area contributed by atoms with Gasteiger partial charge in [0, 0.05) is 35.3 Å². The molecule has 0 spiro atoms. The average Bonchev–Trinajstić information content (AvgIpc) is 3.86. The minimum atomic E-state index is 0. The van der Waals surface area contributed by atoms with Gasteiger partial charge in [0.05, 0.1) is 23.6 Å². The van der Waals surface area contributed by atoms with E-state index in [1.165, 1.54) is 0 Å². The van der Waals surface area contributed by atoms with Crippen molar-refractivity contribution >= 4 is 61.3 Å². The van der Waals surface area contributed by atoms with Crippen molar-refractivity contribution in [2.75, 3.05) is 7.11 Å². The standard InChI is InChI=1S/C53H34N4O2.Pt/c1-58-40-30-31-54-51(34-40)57-48-25-11-10-22-46(48)47-28-27-42(33-50(47)57)59-41-20-12-19-39(32-41)55-35-56(53-45-21-9-8-18-38(45)26-29-49(53)55)52-43(36-14-4-2-5-15-36)23-13-24-44(52)37-16-6-3-7-17-37;/h2-31,34H,1H3;/q;+2. The number of para-hydroxylation sites is 2. The summed E-state index contributed by atoms with van der Waals surface area (Å²) in [5.41, 5.74) is 10.2. The molecule has 286 valence electrons. The van der Waals surface area contributed by atoms with Crippen LogP contribution in [0.25, 0.3) is 60.6 Å². The fourth-order valence-corrected chi connectivity index (χ4v) is 8.26. The van der Waals surface area contributed by atoms with E-state index in [4.69, 9.17) is 14.5 Å². The van der Waals surface area contributed by atoms with Crippen LogP contribution < -0.4 is 18.6 Å². The molecule has 0 saturated heterocycles. The Morgan fingerprint density at radius 1 is 0.567 bits per heavy atom.